The molecule has 0 aliphatic rings. The lowest BCUT2D eigenvalue weighted by Crippen LogP contribution is -1.97. The maximum Gasteiger partial charge on any atom is 0.303 e. The lowest BCUT2D eigenvalue weighted by Gasteiger charge is -2.02. The standard InChI is InChI=1S/C16H32O2.C13H18O/c1-2-3-4-5-6-7-8-9-10-11-12-13-14-15-16(17)18;1-2-3-4-8-11-13(14)12-9-6-5-7-10-12/h2-15H2,1H3,(H,17,18);5-7,9-10H,2-4,8,11H2,1H3. The zero-order valence-corrected chi connectivity index (χ0v) is 21.1. The molecule has 0 aliphatic carbocycles. The number of Topliss-reactive ketones (excluding diaryl/α,β-unsaturated/α-hetero) is 1. The number of benzene rings is 1. The molecule has 3 nitrogen and oxygen atoms in total. The van der Waals surface area contributed by atoms with Crippen LogP contribution in [-0.2, 0) is 4.79 Å². The molecule has 0 fully saturated rings. The molecule has 0 bridgehead atoms. The summed E-state index contributed by atoms with van der Waals surface area (Å²) < 4.78 is 0. The van der Waals surface area contributed by atoms with Gasteiger partial charge in [-0.1, -0.05) is 140 Å². The van der Waals surface area contributed by atoms with Crippen LogP contribution in [0.3, 0.4) is 0 Å². The second-order valence-corrected chi connectivity index (χ2v) is 8.99. The maximum absolute atomic E-state index is 11.6. The Labute approximate surface area is 198 Å². The first-order valence-electron chi connectivity index (χ1n) is 13.4. The van der Waals surface area contributed by atoms with Crippen molar-refractivity contribution in [3.05, 3.63) is 35.9 Å². The Morgan fingerprint density at radius 2 is 0.938 bits per heavy atom. The van der Waals surface area contributed by atoms with E-state index < -0.39 is 5.97 Å². The topological polar surface area (TPSA) is 54.4 Å². The lowest BCUT2D eigenvalue weighted by molar-refractivity contribution is -0.137. The SMILES string of the molecule is CCCCCCC(=O)c1ccccc1.CCCCCCCCCCCCCCCC(=O)O. The number of hydrogen-bond donors (Lipinski definition) is 1. The van der Waals surface area contributed by atoms with Gasteiger partial charge >= 0.3 is 5.97 Å². The molecule has 0 aromatic heterocycles. The normalized spacial score (nSPS) is 10.4. The number of aliphatic carboxylic acids is 1. The van der Waals surface area contributed by atoms with Gasteiger partial charge in [-0.3, -0.25) is 9.59 Å². The van der Waals surface area contributed by atoms with E-state index in [-0.39, 0.29) is 5.78 Å². The summed E-state index contributed by atoms with van der Waals surface area (Å²) in [5, 5.41) is 8.49. The summed E-state index contributed by atoms with van der Waals surface area (Å²) in [7, 11) is 0. The minimum absolute atomic E-state index is 0.279. The summed E-state index contributed by atoms with van der Waals surface area (Å²) >= 11 is 0. The minimum Gasteiger partial charge on any atom is -0.481 e. The maximum atomic E-state index is 11.6. The van der Waals surface area contributed by atoms with Crippen molar-refractivity contribution in [3.63, 3.8) is 0 Å². The number of carbonyl (C=O) groups is 2. The van der Waals surface area contributed by atoms with Crippen molar-refractivity contribution in [1.29, 1.82) is 0 Å². The van der Waals surface area contributed by atoms with Crippen molar-refractivity contribution < 1.29 is 14.7 Å². The molecule has 0 saturated carbocycles. The first-order valence-corrected chi connectivity index (χ1v) is 13.4. The first-order chi connectivity index (χ1) is 15.6. The van der Waals surface area contributed by atoms with Crippen LogP contribution >= 0.6 is 0 Å². The van der Waals surface area contributed by atoms with Crippen LogP contribution in [0.4, 0.5) is 0 Å². The minimum atomic E-state index is -0.655. The predicted octanol–water partition coefficient (Wildman–Crippen LogP) is 9.39. The quantitative estimate of drug-likeness (QED) is 0.160. The monoisotopic (exact) mass is 446 g/mol. The zero-order chi connectivity index (χ0) is 23.7. The van der Waals surface area contributed by atoms with Gasteiger partial charge in [0.15, 0.2) is 5.78 Å². The summed E-state index contributed by atoms with van der Waals surface area (Å²) in [6.45, 7) is 4.44. The molecular weight excluding hydrogens is 396 g/mol. The van der Waals surface area contributed by atoms with E-state index in [0.29, 0.717) is 12.8 Å². The Hall–Kier alpha value is -1.64. The van der Waals surface area contributed by atoms with Gasteiger partial charge < -0.3 is 5.11 Å². The van der Waals surface area contributed by atoms with Crippen LogP contribution in [0.1, 0.15) is 146 Å². The van der Waals surface area contributed by atoms with Crippen LogP contribution in [0, 0.1) is 0 Å². The van der Waals surface area contributed by atoms with Crippen molar-refractivity contribution in [2.45, 2.75) is 136 Å². The molecule has 0 radical (unpaired) electrons. The third kappa shape index (κ3) is 21.6. The van der Waals surface area contributed by atoms with E-state index in [1.54, 1.807) is 0 Å². The molecule has 0 spiro atoms. The molecular formula is C29H50O3. The van der Waals surface area contributed by atoms with E-state index in [4.69, 9.17) is 5.11 Å². The van der Waals surface area contributed by atoms with Crippen LogP contribution in [0.5, 0.6) is 0 Å². The molecule has 1 N–H and O–H groups in total. The average Bonchev–Trinajstić information content (AvgIpc) is 2.80. The van der Waals surface area contributed by atoms with Gasteiger partial charge in [0.25, 0.3) is 0 Å². The number of carboxylic acid groups (broad SMARTS) is 1. The van der Waals surface area contributed by atoms with Gasteiger partial charge in [-0.2, -0.15) is 0 Å². The van der Waals surface area contributed by atoms with Gasteiger partial charge in [0.05, 0.1) is 0 Å². The fourth-order valence-corrected chi connectivity index (χ4v) is 3.77. The Morgan fingerprint density at radius 1 is 0.562 bits per heavy atom. The number of carboxylic acids is 1. The second kappa shape index (κ2) is 24.0. The summed E-state index contributed by atoms with van der Waals surface area (Å²) in [6.07, 6.45) is 22.6. The molecule has 0 heterocycles. The molecule has 1 aromatic rings. The third-order valence-corrected chi connectivity index (χ3v) is 5.85. The van der Waals surface area contributed by atoms with Gasteiger partial charge in [0.2, 0.25) is 0 Å². The van der Waals surface area contributed by atoms with Crippen molar-refractivity contribution in [2.24, 2.45) is 0 Å². The first kappa shape index (κ1) is 30.4. The van der Waals surface area contributed by atoms with Crippen LogP contribution in [-0.4, -0.2) is 16.9 Å². The summed E-state index contributed by atoms with van der Waals surface area (Å²) in [6, 6.07) is 9.55. The van der Waals surface area contributed by atoms with Crippen molar-refractivity contribution in [2.75, 3.05) is 0 Å². The predicted molar refractivity (Wildman–Crippen MR) is 137 cm³/mol. The summed E-state index contributed by atoms with van der Waals surface area (Å²) in [4.78, 5) is 21.9. The highest BCUT2D eigenvalue weighted by molar-refractivity contribution is 5.95. The fraction of sp³-hybridized carbons (Fsp3) is 0.724. The van der Waals surface area contributed by atoms with Crippen LogP contribution < -0.4 is 0 Å². The fourth-order valence-electron chi connectivity index (χ4n) is 3.77. The Morgan fingerprint density at radius 3 is 1.38 bits per heavy atom. The lowest BCUT2D eigenvalue weighted by atomic mass is 10.0. The number of unbranched alkanes of at least 4 members (excludes halogenated alkanes) is 15. The van der Waals surface area contributed by atoms with E-state index >= 15 is 0 Å². The number of rotatable bonds is 20. The van der Waals surface area contributed by atoms with Crippen LogP contribution in [0.25, 0.3) is 0 Å². The number of hydrogen-bond acceptors (Lipinski definition) is 2. The molecule has 3 heteroatoms. The van der Waals surface area contributed by atoms with Gasteiger partial charge in [-0.25, -0.2) is 0 Å². The van der Waals surface area contributed by atoms with Gasteiger partial charge in [0.1, 0.15) is 0 Å². The molecule has 1 rings (SSSR count). The summed E-state index contributed by atoms with van der Waals surface area (Å²) in [5.41, 5.74) is 0.851. The molecule has 0 amide bonds. The average molecular weight is 447 g/mol. The van der Waals surface area contributed by atoms with Crippen LogP contribution in [0.15, 0.2) is 30.3 Å². The molecule has 32 heavy (non-hydrogen) atoms. The highest BCUT2D eigenvalue weighted by Crippen LogP contribution is 2.13. The second-order valence-electron chi connectivity index (χ2n) is 8.99. The van der Waals surface area contributed by atoms with Gasteiger partial charge in [-0.05, 0) is 12.8 Å². The van der Waals surface area contributed by atoms with E-state index in [0.717, 1.165) is 24.8 Å². The van der Waals surface area contributed by atoms with E-state index in [1.807, 2.05) is 30.3 Å². The molecule has 1 aromatic carbocycles. The molecule has 0 unspecified atom stereocenters. The third-order valence-electron chi connectivity index (χ3n) is 5.85. The Balaban J connectivity index is 0.000000618. The Bertz CT molecular complexity index is 539. The highest BCUT2D eigenvalue weighted by atomic mass is 16.4. The summed E-state index contributed by atoms with van der Waals surface area (Å²) in [5.74, 6) is -0.375. The smallest absolute Gasteiger partial charge is 0.303 e. The van der Waals surface area contributed by atoms with Gasteiger partial charge in [0, 0.05) is 18.4 Å². The van der Waals surface area contributed by atoms with E-state index in [1.165, 1.54) is 89.9 Å². The highest BCUT2D eigenvalue weighted by Gasteiger charge is 2.03. The number of ketones is 1. The molecule has 0 aliphatic heterocycles. The number of carbonyl (C=O) groups excluding carboxylic acids is 1. The largest absolute Gasteiger partial charge is 0.481 e. The van der Waals surface area contributed by atoms with Crippen molar-refractivity contribution in [3.8, 4) is 0 Å². The zero-order valence-electron chi connectivity index (χ0n) is 21.1. The Kier molecular flexibility index (Phi) is 22.8. The van der Waals surface area contributed by atoms with Crippen molar-refractivity contribution >= 4 is 11.8 Å². The van der Waals surface area contributed by atoms with Crippen LogP contribution in [0.2, 0.25) is 0 Å². The van der Waals surface area contributed by atoms with E-state index in [9.17, 15) is 9.59 Å². The van der Waals surface area contributed by atoms with Gasteiger partial charge in [-0.15, -0.1) is 0 Å². The molecule has 0 saturated heterocycles. The van der Waals surface area contributed by atoms with E-state index in [2.05, 4.69) is 13.8 Å². The van der Waals surface area contributed by atoms with Crippen molar-refractivity contribution in [1.82, 2.24) is 0 Å². The molecule has 0 atom stereocenters. The molecule has 184 valence electrons.